The lowest BCUT2D eigenvalue weighted by atomic mass is 10.2. The maximum absolute atomic E-state index is 12.3. The fourth-order valence-corrected chi connectivity index (χ4v) is 2.14. The second kappa shape index (κ2) is 4.33. The van der Waals surface area contributed by atoms with Gasteiger partial charge in [-0.2, -0.15) is 13.2 Å². The molecule has 0 radical (unpaired) electrons. The van der Waals surface area contributed by atoms with Crippen LogP contribution in [0.15, 0.2) is 24.5 Å². The molecule has 3 nitrogen and oxygen atoms in total. The molecule has 0 unspecified atom stereocenters. The highest BCUT2D eigenvalue weighted by Gasteiger charge is 2.34. The van der Waals surface area contributed by atoms with Crippen molar-refractivity contribution in [3.63, 3.8) is 0 Å². The van der Waals surface area contributed by atoms with E-state index in [1.54, 1.807) is 12.1 Å². The summed E-state index contributed by atoms with van der Waals surface area (Å²) in [6.07, 6.45) is -1.23. The van der Waals surface area contributed by atoms with E-state index < -0.39 is 11.2 Å². The Morgan fingerprint density at radius 1 is 1.29 bits per heavy atom. The van der Waals surface area contributed by atoms with Gasteiger partial charge < -0.3 is 5.73 Å². The van der Waals surface area contributed by atoms with Crippen molar-refractivity contribution in [2.45, 2.75) is 12.6 Å². The van der Waals surface area contributed by atoms with Crippen molar-refractivity contribution >= 4 is 17.2 Å². The topological polar surface area (TPSA) is 51.8 Å². The number of nitrogen functional groups attached to an aromatic ring is 1. The molecule has 0 spiro atoms. The van der Waals surface area contributed by atoms with Crippen molar-refractivity contribution in [2.24, 2.45) is 0 Å². The van der Waals surface area contributed by atoms with E-state index in [1.807, 2.05) is 0 Å². The van der Waals surface area contributed by atoms with E-state index in [0.29, 0.717) is 28.5 Å². The highest BCUT2D eigenvalue weighted by atomic mass is 32.1. The van der Waals surface area contributed by atoms with Crippen LogP contribution in [-0.2, 0) is 12.6 Å². The van der Waals surface area contributed by atoms with Crippen LogP contribution in [0.2, 0.25) is 0 Å². The third kappa shape index (κ3) is 2.94. The Hall–Kier alpha value is -1.63. The Bertz CT molecular complexity index is 522. The molecule has 0 aliphatic rings. The van der Waals surface area contributed by atoms with E-state index in [1.165, 1.54) is 12.4 Å². The zero-order valence-electron chi connectivity index (χ0n) is 8.53. The summed E-state index contributed by atoms with van der Waals surface area (Å²) in [6.45, 7) is 0. The number of hydrogen-bond donors (Lipinski definition) is 1. The minimum Gasteiger partial charge on any atom is -0.384 e. The minimum atomic E-state index is -4.37. The summed E-state index contributed by atoms with van der Waals surface area (Å²) in [7, 11) is 0. The molecular formula is C10H8F3N3S. The number of anilines is 1. The van der Waals surface area contributed by atoms with Crippen molar-refractivity contribution in [2.75, 3.05) is 5.73 Å². The summed E-state index contributed by atoms with van der Waals surface area (Å²) in [5.74, 6) is 0.350. The molecule has 2 N–H and O–H groups in total. The SMILES string of the molecule is Nc1cc(Cc2cnc(C(F)(F)F)s2)ccn1. The van der Waals surface area contributed by atoms with Crippen LogP contribution in [0.3, 0.4) is 0 Å². The largest absolute Gasteiger partial charge is 0.443 e. The number of thiazole rings is 1. The molecule has 0 fully saturated rings. The molecule has 2 heterocycles. The Morgan fingerprint density at radius 3 is 2.65 bits per heavy atom. The number of aromatic nitrogens is 2. The van der Waals surface area contributed by atoms with Crippen LogP contribution >= 0.6 is 11.3 Å². The Balaban J connectivity index is 2.17. The van der Waals surface area contributed by atoms with Gasteiger partial charge in [0.1, 0.15) is 5.82 Å². The van der Waals surface area contributed by atoms with Gasteiger partial charge in [-0.15, -0.1) is 11.3 Å². The lowest BCUT2D eigenvalue weighted by Crippen LogP contribution is -2.02. The van der Waals surface area contributed by atoms with Crippen molar-refractivity contribution in [3.05, 3.63) is 40.0 Å². The van der Waals surface area contributed by atoms with E-state index in [4.69, 9.17) is 5.73 Å². The maximum atomic E-state index is 12.3. The highest BCUT2D eigenvalue weighted by Crippen LogP contribution is 2.33. The Morgan fingerprint density at radius 2 is 2.06 bits per heavy atom. The van der Waals surface area contributed by atoms with Gasteiger partial charge in [0.25, 0.3) is 0 Å². The maximum Gasteiger partial charge on any atom is 0.443 e. The average molecular weight is 259 g/mol. The molecule has 7 heteroatoms. The average Bonchev–Trinajstić information content (AvgIpc) is 2.65. The summed E-state index contributed by atoms with van der Waals surface area (Å²) >= 11 is 0.643. The third-order valence-corrected chi connectivity index (χ3v) is 3.06. The number of nitrogens with two attached hydrogens (primary N) is 1. The number of nitrogens with zero attached hydrogens (tertiary/aromatic N) is 2. The summed E-state index contributed by atoms with van der Waals surface area (Å²) in [6, 6.07) is 3.34. The Labute approximate surface area is 99.1 Å². The predicted molar refractivity (Wildman–Crippen MR) is 58.6 cm³/mol. The third-order valence-electron chi connectivity index (χ3n) is 2.02. The normalized spacial score (nSPS) is 11.7. The predicted octanol–water partition coefficient (Wildman–Crippen LogP) is 2.73. The van der Waals surface area contributed by atoms with Crippen molar-refractivity contribution in [3.8, 4) is 0 Å². The molecule has 90 valence electrons. The Kier molecular flexibility index (Phi) is 3.01. The number of pyridine rings is 1. The smallest absolute Gasteiger partial charge is 0.384 e. The van der Waals surface area contributed by atoms with Gasteiger partial charge >= 0.3 is 6.18 Å². The molecule has 0 aliphatic carbocycles. The van der Waals surface area contributed by atoms with Gasteiger partial charge in [-0.1, -0.05) is 0 Å². The monoisotopic (exact) mass is 259 g/mol. The van der Waals surface area contributed by atoms with Gasteiger partial charge in [0.15, 0.2) is 5.01 Å². The molecule has 17 heavy (non-hydrogen) atoms. The number of alkyl halides is 3. The van der Waals surface area contributed by atoms with Crippen LogP contribution in [0.1, 0.15) is 15.4 Å². The van der Waals surface area contributed by atoms with Crippen LogP contribution in [-0.4, -0.2) is 9.97 Å². The van der Waals surface area contributed by atoms with Crippen LogP contribution in [0.25, 0.3) is 0 Å². The first-order valence-corrected chi connectivity index (χ1v) is 5.49. The summed E-state index contributed by atoms with van der Waals surface area (Å²) in [4.78, 5) is 7.71. The van der Waals surface area contributed by atoms with E-state index in [-0.39, 0.29) is 0 Å². The lowest BCUT2D eigenvalue weighted by Gasteiger charge is -2.00. The van der Waals surface area contributed by atoms with Crippen molar-refractivity contribution < 1.29 is 13.2 Å². The number of hydrogen-bond acceptors (Lipinski definition) is 4. The van der Waals surface area contributed by atoms with Gasteiger partial charge in [0.05, 0.1) is 0 Å². The molecule has 2 aromatic heterocycles. The zero-order valence-corrected chi connectivity index (χ0v) is 9.35. The van der Waals surface area contributed by atoms with Gasteiger partial charge in [-0.3, -0.25) is 0 Å². The van der Waals surface area contributed by atoms with Crippen LogP contribution in [0, 0.1) is 0 Å². The molecular weight excluding hydrogens is 251 g/mol. The molecule has 2 rings (SSSR count). The van der Waals surface area contributed by atoms with Gasteiger partial charge in [-0.25, -0.2) is 9.97 Å². The summed E-state index contributed by atoms with van der Waals surface area (Å²) < 4.78 is 37.0. The van der Waals surface area contributed by atoms with E-state index in [2.05, 4.69) is 9.97 Å². The van der Waals surface area contributed by atoms with Crippen LogP contribution < -0.4 is 5.73 Å². The fraction of sp³-hybridized carbons (Fsp3) is 0.200. The van der Waals surface area contributed by atoms with Crippen LogP contribution in [0.5, 0.6) is 0 Å². The first kappa shape index (κ1) is 11.8. The molecule has 0 aliphatic heterocycles. The molecule has 0 saturated carbocycles. The standard InChI is InChI=1S/C10H8F3N3S/c11-10(12,13)9-16-5-7(17-9)3-6-1-2-15-8(14)4-6/h1-2,4-5H,3H2,(H2,14,15). The van der Waals surface area contributed by atoms with Gasteiger partial charge in [0.2, 0.25) is 0 Å². The lowest BCUT2D eigenvalue weighted by molar-refractivity contribution is -0.137. The first-order chi connectivity index (χ1) is 7.95. The zero-order chi connectivity index (χ0) is 12.5. The second-order valence-corrected chi connectivity index (χ2v) is 4.51. The highest BCUT2D eigenvalue weighted by molar-refractivity contribution is 7.11. The fourth-order valence-electron chi connectivity index (χ4n) is 1.33. The van der Waals surface area contributed by atoms with E-state index >= 15 is 0 Å². The van der Waals surface area contributed by atoms with Gasteiger partial charge in [-0.05, 0) is 17.7 Å². The van der Waals surface area contributed by atoms with Crippen molar-refractivity contribution in [1.82, 2.24) is 9.97 Å². The molecule has 2 aromatic rings. The molecule has 0 aromatic carbocycles. The number of halogens is 3. The molecule has 0 atom stereocenters. The molecule has 0 saturated heterocycles. The summed E-state index contributed by atoms with van der Waals surface area (Å²) in [5, 5.41) is -0.825. The van der Waals surface area contributed by atoms with E-state index in [9.17, 15) is 13.2 Å². The second-order valence-electron chi connectivity index (χ2n) is 3.40. The van der Waals surface area contributed by atoms with Gasteiger partial charge in [0, 0.05) is 23.7 Å². The first-order valence-electron chi connectivity index (χ1n) is 4.67. The number of rotatable bonds is 2. The summed E-state index contributed by atoms with van der Waals surface area (Å²) in [5.41, 5.74) is 6.30. The van der Waals surface area contributed by atoms with E-state index in [0.717, 1.165) is 5.56 Å². The quantitative estimate of drug-likeness (QED) is 0.902. The molecule has 0 bridgehead atoms. The van der Waals surface area contributed by atoms with Crippen LogP contribution in [0.4, 0.5) is 19.0 Å². The minimum absolute atomic E-state index is 0.350. The van der Waals surface area contributed by atoms with Crippen molar-refractivity contribution in [1.29, 1.82) is 0 Å². The molecule has 0 amide bonds.